The molecule has 9 heteroatoms. The number of nitro groups is 1. The zero-order chi connectivity index (χ0) is 22.7. The average Bonchev–Trinajstić information content (AvgIpc) is 2.96. The Hall–Kier alpha value is -2.65. The van der Waals surface area contributed by atoms with Crippen molar-refractivity contribution in [3.8, 4) is 5.75 Å². The maximum Gasteiger partial charge on any atom is 0.293 e. The molecule has 1 aliphatic rings. The number of hydrogen-bond donors (Lipinski definition) is 0. The van der Waals surface area contributed by atoms with Gasteiger partial charge in [0.05, 0.1) is 20.8 Å². The summed E-state index contributed by atoms with van der Waals surface area (Å²) in [5.74, 6) is 0.600. The molecule has 0 aromatic heterocycles. The molecule has 1 fully saturated rings. The molecule has 2 aromatic rings. The lowest BCUT2D eigenvalue weighted by atomic mass is 10.0. The summed E-state index contributed by atoms with van der Waals surface area (Å²) >= 11 is 3.94. The Bertz CT molecular complexity index is 1080. The number of hydrogen-bond acceptors (Lipinski definition) is 6. The number of nitrogens with zero attached hydrogens (tertiary/aromatic N) is 2. The van der Waals surface area contributed by atoms with Gasteiger partial charge in [-0.1, -0.05) is 32.0 Å². The van der Waals surface area contributed by atoms with Crippen LogP contribution in [0.3, 0.4) is 0 Å². The highest BCUT2D eigenvalue weighted by molar-refractivity contribution is 9.10. The molecule has 0 bridgehead atoms. The zero-order valence-electron chi connectivity index (χ0n) is 17.3. The lowest BCUT2D eigenvalue weighted by Crippen LogP contribution is -2.32. The molecule has 31 heavy (non-hydrogen) atoms. The quantitative estimate of drug-likeness (QED) is 0.264. The minimum absolute atomic E-state index is 0.111. The molecule has 1 aliphatic heterocycles. The number of benzene rings is 2. The van der Waals surface area contributed by atoms with Gasteiger partial charge in [-0.3, -0.25) is 24.6 Å². The van der Waals surface area contributed by atoms with E-state index in [0.29, 0.717) is 10.0 Å². The minimum atomic E-state index is -0.513. The van der Waals surface area contributed by atoms with E-state index < -0.39 is 10.8 Å². The van der Waals surface area contributed by atoms with Crippen LogP contribution in [0.4, 0.5) is 10.5 Å². The highest BCUT2D eigenvalue weighted by atomic mass is 79.9. The maximum atomic E-state index is 12.7. The summed E-state index contributed by atoms with van der Waals surface area (Å²) in [4.78, 5) is 37.0. The lowest BCUT2D eigenvalue weighted by Gasteiger charge is -2.17. The Labute approximate surface area is 192 Å². The lowest BCUT2D eigenvalue weighted by molar-refractivity contribution is -0.385. The van der Waals surface area contributed by atoms with Crippen molar-refractivity contribution in [2.45, 2.75) is 26.7 Å². The van der Waals surface area contributed by atoms with Gasteiger partial charge in [-0.25, -0.2) is 0 Å². The number of ether oxygens (including phenoxy) is 1. The fraction of sp³-hybridized carbons (Fsp3) is 0.273. The van der Waals surface area contributed by atoms with Crippen molar-refractivity contribution in [3.05, 3.63) is 72.6 Å². The molecule has 162 valence electrons. The first kappa shape index (κ1) is 23.0. The van der Waals surface area contributed by atoms with Crippen molar-refractivity contribution in [1.29, 1.82) is 0 Å². The van der Waals surface area contributed by atoms with Crippen LogP contribution in [0.1, 0.15) is 36.5 Å². The second kappa shape index (κ2) is 9.65. The topological polar surface area (TPSA) is 89.8 Å². The fourth-order valence-electron chi connectivity index (χ4n) is 3.09. The molecule has 3 rings (SSSR count). The predicted octanol–water partition coefficient (Wildman–Crippen LogP) is 5.90. The van der Waals surface area contributed by atoms with Gasteiger partial charge in [-0.15, -0.1) is 0 Å². The largest absolute Gasteiger partial charge is 0.491 e. The van der Waals surface area contributed by atoms with Crippen LogP contribution in [0.15, 0.2) is 45.8 Å². The predicted molar refractivity (Wildman–Crippen MR) is 124 cm³/mol. The number of halogens is 1. The Morgan fingerprint density at radius 3 is 2.65 bits per heavy atom. The number of carbonyl (C=O) groups excluding carboxylic acids is 2. The molecule has 0 saturated carbocycles. The van der Waals surface area contributed by atoms with Crippen LogP contribution in [0.25, 0.3) is 6.08 Å². The zero-order valence-corrected chi connectivity index (χ0v) is 19.7. The van der Waals surface area contributed by atoms with Gasteiger partial charge >= 0.3 is 0 Å². The van der Waals surface area contributed by atoms with Crippen LogP contribution < -0.4 is 4.74 Å². The summed E-state index contributed by atoms with van der Waals surface area (Å²) in [7, 11) is 0. The van der Waals surface area contributed by atoms with Crippen LogP contribution in [-0.4, -0.2) is 34.1 Å². The number of aryl methyl sites for hydroxylation is 1. The summed E-state index contributed by atoms with van der Waals surface area (Å²) in [6, 6.07) is 10.5. The summed E-state index contributed by atoms with van der Waals surface area (Å²) < 4.78 is 6.24. The molecule has 1 saturated heterocycles. The molecule has 0 radical (unpaired) electrons. The number of carbonyl (C=O) groups is 2. The molecule has 0 N–H and O–H groups in total. The van der Waals surface area contributed by atoms with Gasteiger partial charge in [0.25, 0.3) is 16.8 Å². The van der Waals surface area contributed by atoms with Crippen molar-refractivity contribution < 1.29 is 19.2 Å². The van der Waals surface area contributed by atoms with E-state index in [-0.39, 0.29) is 34.9 Å². The van der Waals surface area contributed by atoms with Gasteiger partial charge in [0.15, 0.2) is 0 Å². The third-order valence-electron chi connectivity index (χ3n) is 4.70. The van der Waals surface area contributed by atoms with Crippen LogP contribution >= 0.6 is 27.7 Å². The van der Waals surface area contributed by atoms with Crippen molar-refractivity contribution >= 4 is 50.6 Å². The van der Waals surface area contributed by atoms with Crippen LogP contribution in [-0.2, 0) is 4.79 Å². The fourth-order valence-corrected chi connectivity index (χ4v) is 4.35. The highest BCUT2D eigenvalue weighted by Crippen LogP contribution is 2.34. The van der Waals surface area contributed by atoms with Crippen molar-refractivity contribution in [3.63, 3.8) is 0 Å². The van der Waals surface area contributed by atoms with Crippen molar-refractivity contribution in [1.82, 2.24) is 4.90 Å². The molecule has 0 atom stereocenters. The molecule has 1 heterocycles. The first-order valence-corrected chi connectivity index (χ1v) is 11.2. The van der Waals surface area contributed by atoms with Crippen LogP contribution in [0.2, 0.25) is 0 Å². The monoisotopic (exact) mass is 504 g/mol. The third-order valence-corrected chi connectivity index (χ3v) is 6.28. The third kappa shape index (κ3) is 5.34. The average molecular weight is 505 g/mol. The SMILES string of the molecule is Cc1ccc(C(C)C)c(OCCN2C(=O)S/C(=C\c3ccc(Br)c([N+](=O)[O-])c3)C2=O)c1. The van der Waals surface area contributed by atoms with E-state index in [0.717, 1.165) is 33.5 Å². The first-order chi connectivity index (χ1) is 14.7. The van der Waals surface area contributed by atoms with E-state index >= 15 is 0 Å². The van der Waals surface area contributed by atoms with Crippen LogP contribution in [0, 0.1) is 17.0 Å². The molecular weight excluding hydrogens is 484 g/mol. The minimum Gasteiger partial charge on any atom is -0.491 e. The molecule has 2 aromatic carbocycles. The van der Waals surface area contributed by atoms with Gasteiger partial charge in [0, 0.05) is 6.07 Å². The number of nitro benzene ring substituents is 1. The second-order valence-electron chi connectivity index (χ2n) is 7.35. The molecular formula is C22H21BrN2O5S. The Morgan fingerprint density at radius 2 is 1.97 bits per heavy atom. The number of imide groups is 1. The molecule has 0 spiro atoms. The summed E-state index contributed by atoms with van der Waals surface area (Å²) in [5.41, 5.74) is 2.49. The number of thioether (sulfide) groups is 1. The second-order valence-corrected chi connectivity index (χ2v) is 9.19. The summed E-state index contributed by atoms with van der Waals surface area (Å²) in [6.07, 6.45) is 1.49. The van der Waals surface area contributed by atoms with Crippen molar-refractivity contribution in [2.75, 3.05) is 13.2 Å². The maximum absolute atomic E-state index is 12.7. The number of amides is 2. The van der Waals surface area contributed by atoms with E-state index in [1.54, 1.807) is 6.07 Å². The van der Waals surface area contributed by atoms with E-state index in [1.165, 1.54) is 18.2 Å². The molecule has 0 aliphatic carbocycles. The smallest absolute Gasteiger partial charge is 0.293 e. The highest BCUT2D eigenvalue weighted by Gasteiger charge is 2.35. The van der Waals surface area contributed by atoms with Crippen molar-refractivity contribution in [2.24, 2.45) is 0 Å². The van der Waals surface area contributed by atoms with E-state index in [2.05, 4.69) is 29.8 Å². The standard InChI is InChI=1S/C22H21BrN2O5S/c1-13(2)16-6-4-14(3)10-19(16)30-9-8-24-21(26)20(31-22(24)27)12-15-5-7-17(23)18(11-15)25(28)29/h4-7,10-13H,8-9H2,1-3H3/b20-12-. The van der Waals surface area contributed by atoms with Gasteiger partial charge < -0.3 is 4.74 Å². The molecule has 7 nitrogen and oxygen atoms in total. The summed E-state index contributed by atoms with van der Waals surface area (Å²) in [5, 5.41) is 10.7. The molecule has 0 unspecified atom stereocenters. The van der Waals surface area contributed by atoms with Gasteiger partial charge in [0.1, 0.15) is 12.4 Å². The number of rotatable bonds is 7. The van der Waals surface area contributed by atoms with Gasteiger partial charge in [-0.2, -0.15) is 0 Å². The van der Waals surface area contributed by atoms with E-state index in [9.17, 15) is 19.7 Å². The normalized spacial score (nSPS) is 15.3. The van der Waals surface area contributed by atoms with E-state index in [4.69, 9.17) is 4.74 Å². The molecule has 2 amide bonds. The van der Waals surface area contributed by atoms with Crippen LogP contribution in [0.5, 0.6) is 5.75 Å². The Balaban J connectivity index is 1.70. The first-order valence-electron chi connectivity index (χ1n) is 9.60. The van der Waals surface area contributed by atoms with Gasteiger partial charge in [0.2, 0.25) is 0 Å². The summed E-state index contributed by atoms with van der Waals surface area (Å²) in [6.45, 7) is 6.42. The Morgan fingerprint density at radius 1 is 1.23 bits per heavy atom. The van der Waals surface area contributed by atoms with E-state index in [1.807, 2.05) is 25.1 Å². The van der Waals surface area contributed by atoms with Gasteiger partial charge in [-0.05, 0) is 75.4 Å². The Kier molecular flexibility index (Phi) is 7.17.